The van der Waals surface area contributed by atoms with Gasteiger partial charge >= 0.3 is 0 Å². The first-order valence-electron chi connectivity index (χ1n) is 9.85. The fourth-order valence-electron chi connectivity index (χ4n) is 2.93. The Morgan fingerprint density at radius 1 is 1.00 bits per heavy atom. The lowest BCUT2D eigenvalue weighted by atomic mass is 10.2. The van der Waals surface area contributed by atoms with Crippen molar-refractivity contribution >= 4 is 22.9 Å². The van der Waals surface area contributed by atoms with Crippen LogP contribution in [0.2, 0.25) is 0 Å². The molecule has 0 saturated carbocycles. The van der Waals surface area contributed by atoms with Crippen LogP contribution in [0.25, 0.3) is 10.6 Å². The molecular formula is C24H21N3O3S. The fraction of sp³-hybridized carbons (Fsp3) is 0.125. The summed E-state index contributed by atoms with van der Waals surface area (Å²) in [5.41, 5.74) is 2.40. The van der Waals surface area contributed by atoms with Crippen LogP contribution in [-0.2, 0) is 11.2 Å². The summed E-state index contributed by atoms with van der Waals surface area (Å²) in [6, 6.07) is 18.6. The third-order valence-electron chi connectivity index (χ3n) is 4.31. The molecule has 1 amide bonds. The average molecular weight is 432 g/mol. The summed E-state index contributed by atoms with van der Waals surface area (Å²) >= 11 is 1.52. The second kappa shape index (κ2) is 9.86. The summed E-state index contributed by atoms with van der Waals surface area (Å²) < 4.78 is 11.3. The molecule has 6 nitrogen and oxygen atoms in total. The highest BCUT2D eigenvalue weighted by molar-refractivity contribution is 7.13. The number of ether oxygens (including phenoxy) is 2. The van der Waals surface area contributed by atoms with Crippen LogP contribution in [0, 0.1) is 0 Å². The maximum atomic E-state index is 12.5. The van der Waals surface area contributed by atoms with Gasteiger partial charge in [0.05, 0.1) is 18.7 Å². The number of thiazole rings is 1. The minimum atomic E-state index is -0.135. The van der Waals surface area contributed by atoms with E-state index in [9.17, 15) is 4.79 Å². The molecule has 0 aliphatic heterocycles. The molecule has 156 valence electrons. The topological polar surface area (TPSA) is 73.3 Å². The highest BCUT2D eigenvalue weighted by Gasteiger charge is 2.10. The van der Waals surface area contributed by atoms with Crippen molar-refractivity contribution in [1.29, 1.82) is 0 Å². The van der Waals surface area contributed by atoms with Gasteiger partial charge in [-0.3, -0.25) is 9.78 Å². The van der Waals surface area contributed by atoms with Crippen LogP contribution in [0.15, 0.2) is 78.4 Å². The lowest BCUT2D eigenvalue weighted by Gasteiger charge is -2.08. The van der Waals surface area contributed by atoms with Crippen molar-refractivity contribution in [3.8, 4) is 27.8 Å². The monoisotopic (exact) mass is 431 g/mol. The van der Waals surface area contributed by atoms with Crippen molar-refractivity contribution in [1.82, 2.24) is 9.97 Å². The molecule has 0 saturated heterocycles. The van der Waals surface area contributed by atoms with Crippen molar-refractivity contribution in [2.75, 3.05) is 11.9 Å². The number of amides is 1. The van der Waals surface area contributed by atoms with Crippen molar-refractivity contribution < 1.29 is 14.3 Å². The second-order valence-corrected chi connectivity index (χ2v) is 7.50. The van der Waals surface area contributed by atoms with Gasteiger partial charge in [-0.25, -0.2) is 4.98 Å². The highest BCUT2D eigenvalue weighted by atomic mass is 32.1. The van der Waals surface area contributed by atoms with E-state index in [2.05, 4.69) is 15.3 Å². The number of pyridine rings is 1. The smallest absolute Gasteiger partial charge is 0.230 e. The maximum Gasteiger partial charge on any atom is 0.230 e. The zero-order valence-corrected chi connectivity index (χ0v) is 17.8. The summed E-state index contributed by atoms with van der Waals surface area (Å²) in [6.45, 7) is 2.59. The molecule has 0 aliphatic carbocycles. The third-order valence-corrected chi connectivity index (χ3v) is 5.25. The SMILES string of the molecule is CCOc1ccc(-c2nc(CC(=O)Nc3cccc(Oc4ccncc4)c3)cs2)cc1. The van der Waals surface area contributed by atoms with Gasteiger partial charge in [0.2, 0.25) is 5.91 Å². The molecule has 4 rings (SSSR count). The molecule has 0 aliphatic rings. The van der Waals surface area contributed by atoms with E-state index in [0.717, 1.165) is 22.0 Å². The van der Waals surface area contributed by atoms with Gasteiger partial charge in [-0.05, 0) is 55.5 Å². The van der Waals surface area contributed by atoms with Crippen LogP contribution in [0.4, 0.5) is 5.69 Å². The molecule has 0 atom stereocenters. The Labute approximate surface area is 184 Å². The quantitative estimate of drug-likeness (QED) is 0.394. The van der Waals surface area contributed by atoms with Gasteiger partial charge in [-0.2, -0.15) is 0 Å². The predicted octanol–water partition coefficient (Wildman–Crippen LogP) is 5.58. The largest absolute Gasteiger partial charge is 0.494 e. The number of carbonyl (C=O) groups is 1. The van der Waals surface area contributed by atoms with E-state index >= 15 is 0 Å². The minimum absolute atomic E-state index is 0.135. The van der Waals surface area contributed by atoms with E-state index in [1.54, 1.807) is 30.6 Å². The van der Waals surface area contributed by atoms with Gasteiger partial charge in [0.25, 0.3) is 0 Å². The molecule has 1 N–H and O–H groups in total. The summed E-state index contributed by atoms with van der Waals surface area (Å²) in [4.78, 5) is 21.1. The van der Waals surface area contributed by atoms with Crippen LogP contribution in [0.3, 0.4) is 0 Å². The van der Waals surface area contributed by atoms with Crippen LogP contribution in [-0.4, -0.2) is 22.5 Å². The van der Waals surface area contributed by atoms with E-state index in [-0.39, 0.29) is 12.3 Å². The molecule has 4 aromatic rings. The van der Waals surface area contributed by atoms with Crippen LogP contribution in [0.5, 0.6) is 17.2 Å². The van der Waals surface area contributed by atoms with E-state index < -0.39 is 0 Å². The number of anilines is 1. The van der Waals surface area contributed by atoms with E-state index in [1.807, 2.05) is 54.8 Å². The molecule has 2 aromatic carbocycles. The molecule has 2 aromatic heterocycles. The molecular weight excluding hydrogens is 410 g/mol. The first-order valence-corrected chi connectivity index (χ1v) is 10.7. The Hall–Kier alpha value is -3.71. The molecule has 31 heavy (non-hydrogen) atoms. The van der Waals surface area contributed by atoms with Crippen LogP contribution < -0.4 is 14.8 Å². The summed E-state index contributed by atoms with van der Waals surface area (Å²) in [5.74, 6) is 2.01. The Kier molecular flexibility index (Phi) is 6.54. The number of nitrogens with one attached hydrogen (secondary N) is 1. The average Bonchev–Trinajstić information content (AvgIpc) is 3.24. The normalized spacial score (nSPS) is 10.5. The number of benzene rings is 2. The number of carbonyl (C=O) groups excluding carboxylic acids is 1. The Morgan fingerprint density at radius 3 is 2.58 bits per heavy atom. The molecule has 0 bridgehead atoms. The second-order valence-electron chi connectivity index (χ2n) is 6.64. The van der Waals surface area contributed by atoms with E-state index in [0.29, 0.717) is 23.8 Å². The molecule has 0 unspecified atom stereocenters. The first kappa shape index (κ1) is 20.6. The van der Waals surface area contributed by atoms with Gasteiger partial charge in [-0.1, -0.05) is 6.07 Å². The standard InChI is InChI=1S/C24H21N3O3S/c1-2-29-20-8-6-17(7-9-20)24-27-19(16-31-24)15-23(28)26-18-4-3-5-22(14-18)30-21-10-12-25-13-11-21/h3-14,16H,2,15H2,1H3,(H,26,28). The predicted molar refractivity (Wildman–Crippen MR) is 122 cm³/mol. The number of rotatable bonds is 8. The van der Waals surface area contributed by atoms with Crippen LogP contribution in [0.1, 0.15) is 12.6 Å². The lowest BCUT2D eigenvalue weighted by molar-refractivity contribution is -0.115. The zero-order chi connectivity index (χ0) is 21.5. The van der Waals surface area contributed by atoms with Gasteiger partial charge in [-0.15, -0.1) is 11.3 Å². The third kappa shape index (κ3) is 5.67. The van der Waals surface area contributed by atoms with Crippen molar-refractivity contribution in [3.63, 3.8) is 0 Å². The Bertz CT molecular complexity index is 1140. The Balaban J connectivity index is 1.36. The van der Waals surface area contributed by atoms with Gasteiger partial charge in [0.15, 0.2) is 0 Å². The molecule has 0 radical (unpaired) electrons. The molecule has 0 fully saturated rings. The maximum absolute atomic E-state index is 12.5. The molecule has 0 spiro atoms. The highest BCUT2D eigenvalue weighted by Crippen LogP contribution is 2.27. The van der Waals surface area contributed by atoms with Gasteiger partial charge in [0.1, 0.15) is 22.3 Å². The van der Waals surface area contributed by atoms with Crippen molar-refractivity contribution in [2.24, 2.45) is 0 Å². The summed E-state index contributed by atoms with van der Waals surface area (Å²) in [7, 11) is 0. The van der Waals surface area contributed by atoms with E-state index in [1.165, 1.54) is 11.3 Å². The van der Waals surface area contributed by atoms with Gasteiger partial charge < -0.3 is 14.8 Å². The lowest BCUT2D eigenvalue weighted by Crippen LogP contribution is -2.14. The number of nitrogens with zero attached hydrogens (tertiary/aromatic N) is 2. The molecule has 7 heteroatoms. The van der Waals surface area contributed by atoms with Crippen molar-refractivity contribution in [2.45, 2.75) is 13.3 Å². The number of hydrogen-bond donors (Lipinski definition) is 1. The van der Waals surface area contributed by atoms with Crippen molar-refractivity contribution in [3.05, 3.63) is 84.1 Å². The number of hydrogen-bond acceptors (Lipinski definition) is 6. The summed E-state index contributed by atoms with van der Waals surface area (Å²) in [6.07, 6.45) is 3.52. The first-order chi connectivity index (χ1) is 15.2. The van der Waals surface area contributed by atoms with E-state index in [4.69, 9.17) is 9.47 Å². The summed E-state index contributed by atoms with van der Waals surface area (Å²) in [5, 5.41) is 5.69. The Morgan fingerprint density at radius 2 is 1.81 bits per heavy atom. The fourth-order valence-corrected chi connectivity index (χ4v) is 3.76. The minimum Gasteiger partial charge on any atom is -0.494 e. The number of aromatic nitrogens is 2. The molecule has 2 heterocycles. The van der Waals surface area contributed by atoms with Gasteiger partial charge in [0, 0.05) is 35.1 Å². The van der Waals surface area contributed by atoms with Crippen LogP contribution >= 0.6 is 11.3 Å². The zero-order valence-electron chi connectivity index (χ0n) is 16.9.